The molecule has 24 heavy (non-hydrogen) atoms. The van der Waals surface area contributed by atoms with Crippen molar-refractivity contribution in [2.75, 3.05) is 24.7 Å². The Morgan fingerprint density at radius 1 is 0.833 bits per heavy atom. The number of benzene rings is 2. The van der Waals surface area contributed by atoms with Gasteiger partial charge in [-0.15, -0.1) is 0 Å². The highest BCUT2D eigenvalue weighted by molar-refractivity contribution is 6.10. The maximum absolute atomic E-state index is 12.5. The van der Waals surface area contributed by atoms with Crippen molar-refractivity contribution in [2.24, 2.45) is 0 Å². The summed E-state index contributed by atoms with van der Waals surface area (Å²) in [5.74, 6) is -0.536. The van der Waals surface area contributed by atoms with Crippen molar-refractivity contribution in [1.82, 2.24) is 0 Å². The molecule has 0 spiro atoms. The van der Waals surface area contributed by atoms with Crippen LogP contribution >= 0.6 is 0 Å². The molecule has 9 heteroatoms. The first-order valence-corrected chi connectivity index (χ1v) is 6.86. The predicted octanol–water partition coefficient (Wildman–Crippen LogP) is 2.82. The lowest BCUT2D eigenvalue weighted by atomic mass is 10.0. The van der Waals surface area contributed by atoms with Crippen molar-refractivity contribution in [3.05, 3.63) is 67.8 Å². The molecule has 124 valence electrons. The van der Waals surface area contributed by atoms with Gasteiger partial charge in [-0.3, -0.25) is 25.0 Å². The van der Waals surface area contributed by atoms with Gasteiger partial charge in [-0.05, 0) is 24.3 Å². The first-order chi connectivity index (χ1) is 11.4. The quantitative estimate of drug-likeness (QED) is 0.473. The first-order valence-electron chi connectivity index (χ1n) is 6.86. The highest BCUT2D eigenvalue weighted by Crippen LogP contribution is 2.29. The van der Waals surface area contributed by atoms with Gasteiger partial charge in [-0.1, -0.05) is 0 Å². The molecule has 0 unspecified atom stereocenters. The molecule has 0 aliphatic heterocycles. The van der Waals surface area contributed by atoms with Gasteiger partial charge in [0.1, 0.15) is 11.4 Å². The highest BCUT2D eigenvalue weighted by Gasteiger charge is 2.21. The van der Waals surface area contributed by atoms with E-state index in [-0.39, 0.29) is 33.9 Å². The molecule has 2 aromatic carbocycles. The predicted molar refractivity (Wildman–Crippen MR) is 88.7 cm³/mol. The highest BCUT2D eigenvalue weighted by atomic mass is 16.6. The average Bonchev–Trinajstić information content (AvgIpc) is 2.59. The number of rotatable bonds is 6. The lowest BCUT2D eigenvalue weighted by Crippen LogP contribution is -2.06. The third kappa shape index (κ3) is 3.14. The second kappa shape index (κ2) is 6.73. The molecule has 0 aromatic heterocycles. The normalized spacial score (nSPS) is 10.1. The molecule has 2 aromatic rings. The van der Waals surface area contributed by atoms with Gasteiger partial charge in [0.15, 0.2) is 5.78 Å². The summed E-state index contributed by atoms with van der Waals surface area (Å²) in [5, 5.41) is 27.5. The molecular formula is C15H14N4O5. The van der Waals surface area contributed by atoms with E-state index in [1.807, 2.05) is 0 Å². The van der Waals surface area contributed by atoms with Crippen LogP contribution in [0.2, 0.25) is 0 Å². The largest absolute Gasteiger partial charge is 0.383 e. The van der Waals surface area contributed by atoms with Crippen molar-refractivity contribution in [3.8, 4) is 0 Å². The molecule has 2 rings (SSSR count). The fraction of sp³-hybridized carbons (Fsp3) is 0.133. The average molecular weight is 330 g/mol. The summed E-state index contributed by atoms with van der Waals surface area (Å²) in [6, 6.07) is 7.99. The van der Waals surface area contributed by atoms with Gasteiger partial charge in [-0.2, -0.15) is 0 Å². The molecule has 0 amide bonds. The summed E-state index contributed by atoms with van der Waals surface area (Å²) in [6.45, 7) is 0. The van der Waals surface area contributed by atoms with Gasteiger partial charge in [0.2, 0.25) is 0 Å². The van der Waals surface area contributed by atoms with Crippen molar-refractivity contribution in [3.63, 3.8) is 0 Å². The van der Waals surface area contributed by atoms with E-state index in [2.05, 4.69) is 10.6 Å². The van der Waals surface area contributed by atoms with Gasteiger partial charge in [-0.25, -0.2) is 0 Å². The van der Waals surface area contributed by atoms with E-state index in [1.54, 1.807) is 0 Å². The Morgan fingerprint density at radius 3 is 1.50 bits per heavy atom. The number of hydrogen-bond acceptors (Lipinski definition) is 7. The third-order valence-electron chi connectivity index (χ3n) is 3.45. The van der Waals surface area contributed by atoms with Gasteiger partial charge in [0.25, 0.3) is 11.4 Å². The van der Waals surface area contributed by atoms with Crippen LogP contribution in [-0.4, -0.2) is 29.7 Å². The van der Waals surface area contributed by atoms with Crippen molar-refractivity contribution >= 4 is 28.5 Å². The molecule has 0 atom stereocenters. The number of hydrogen-bond donors (Lipinski definition) is 2. The Morgan fingerprint density at radius 2 is 1.21 bits per heavy atom. The fourth-order valence-electron chi connectivity index (χ4n) is 2.24. The van der Waals surface area contributed by atoms with Crippen molar-refractivity contribution < 1.29 is 14.6 Å². The van der Waals surface area contributed by atoms with E-state index in [0.29, 0.717) is 0 Å². The molecule has 0 bridgehead atoms. The first kappa shape index (κ1) is 16.9. The lowest BCUT2D eigenvalue weighted by Gasteiger charge is -2.07. The Balaban J connectivity index is 2.49. The SMILES string of the molecule is CNc1ccc(C(=O)c2ccc(NC)c([N+](=O)[O-])c2)cc1[N+](=O)[O-]. The number of anilines is 2. The van der Waals surface area contributed by atoms with Crippen LogP contribution in [0.3, 0.4) is 0 Å². The number of carbonyl (C=O) groups excluding carboxylic acids is 1. The minimum Gasteiger partial charge on any atom is -0.383 e. The Kier molecular flexibility index (Phi) is 4.73. The zero-order valence-electron chi connectivity index (χ0n) is 12.9. The molecular weight excluding hydrogens is 316 g/mol. The molecule has 0 aliphatic rings. The smallest absolute Gasteiger partial charge is 0.293 e. The third-order valence-corrected chi connectivity index (χ3v) is 3.45. The summed E-state index contributed by atoms with van der Waals surface area (Å²) in [6.07, 6.45) is 0. The molecule has 0 fully saturated rings. The summed E-state index contributed by atoms with van der Waals surface area (Å²) >= 11 is 0. The van der Waals surface area contributed by atoms with Gasteiger partial charge >= 0.3 is 0 Å². The Labute approximate surface area is 136 Å². The van der Waals surface area contributed by atoms with Crippen molar-refractivity contribution in [2.45, 2.75) is 0 Å². The lowest BCUT2D eigenvalue weighted by molar-refractivity contribution is -0.384. The van der Waals surface area contributed by atoms with Crippen LogP contribution in [0.15, 0.2) is 36.4 Å². The monoisotopic (exact) mass is 330 g/mol. The summed E-state index contributed by atoms with van der Waals surface area (Å²) in [4.78, 5) is 33.5. The zero-order chi connectivity index (χ0) is 17.9. The van der Waals surface area contributed by atoms with Crippen LogP contribution < -0.4 is 10.6 Å². The van der Waals surface area contributed by atoms with Crippen LogP contribution in [0.5, 0.6) is 0 Å². The van der Waals surface area contributed by atoms with E-state index in [4.69, 9.17) is 0 Å². The summed E-state index contributed by atoms with van der Waals surface area (Å²) in [7, 11) is 3.06. The van der Waals surface area contributed by atoms with E-state index in [9.17, 15) is 25.0 Å². The second-order valence-electron chi connectivity index (χ2n) is 4.81. The Hall–Kier alpha value is -3.49. The van der Waals surface area contributed by atoms with Crippen LogP contribution in [0.25, 0.3) is 0 Å². The number of nitro benzene ring substituents is 2. The van der Waals surface area contributed by atoms with Crippen LogP contribution in [0, 0.1) is 20.2 Å². The van der Waals surface area contributed by atoms with Crippen LogP contribution in [0.4, 0.5) is 22.7 Å². The molecule has 0 heterocycles. The molecule has 0 saturated heterocycles. The van der Waals surface area contributed by atoms with Gasteiger partial charge in [0, 0.05) is 37.4 Å². The molecule has 0 aliphatic carbocycles. The number of carbonyl (C=O) groups is 1. The number of ketones is 1. The van der Waals surface area contributed by atoms with Gasteiger partial charge < -0.3 is 10.6 Å². The van der Waals surface area contributed by atoms with Crippen LogP contribution in [0.1, 0.15) is 15.9 Å². The molecule has 0 radical (unpaired) electrons. The minimum absolute atomic E-state index is 0.0761. The zero-order valence-corrected chi connectivity index (χ0v) is 12.9. The van der Waals surface area contributed by atoms with E-state index in [0.717, 1.165) is 12.1 Å². The summed E-state index contributed by atoms with van der Waals surface area (Å²) < 4.78 is 0. The van der Waals surface area contributed by atoms with E-state index >= 15 is 0 Å². The fourth-order valence-corrected chi connectivity index (χ4v) is 2.24. The van der Waals surface area contributed by atoms with Gasteiger partial charge in [0.05, 0.1) is 9.85 Å². The maximum atomic E-state index is 12.5. The minimum atomic E-state index is -0.602. The molecule has 2 N–H and O–H groups in total. The molecule has 0 saturated carbocycles. The number of nitrogens with zero attached hydrogens (tertiary/aromatic N) is 2. The standard InChI is InChI=1S/C15H14N4O5/c1-16-11-5-3-9(7-13(11)18(21)22)15(20)10-4-6-12(17-2)14(8-10)19(23)24/h3-8,16-17H,1-2H3. The van der Waals surface area contributed by atoms with E-state index < -0.39 is 15.6 Å². The van der Waals surface area contributed by atoms with E-state index in [1.165, 1.54) is 38.4 Å². The number of nitrogens with one attached hydrogen (secondary N) is 2. The van der Waals surface area contributed by atoms with Crippen molar-refractivity contribution in [1.29, 1.82) is 0 Å². The second-order valence-corrected chi connectivity index (χ2v) is 4.81. The molecule has 9 nitrogen and oxygen atoms in total. The Bertz CT molecular complexity index is 767. The van der Waals surface area contributed by atoms with Crippen LogP contribution in [-0.2, 0) is 0 Å². The topological polar surface area (TPSA) is 127 Å². The maximum Gasteiger partial charge on any atom is 0.293 e. The number of nitro groups is 2. The summed E-state index contributed by atoms with van der Waals surface area (Å²) in [5.41, 5.74) is 0.204.